The molecule has 0 bridgehead atoms. The molecule has 538 valence electrons. The number of nitrogen functional groups attached to an aromatic ring is 3. The summed E-state index contributed by atoms with van der Waals surface area (Å²) in [6, 6.07) is 1.32. The number of anilines is 3. The standard InChI is InChI=1S/C49H63N17O25P4S4/c1-20-10-63(48(73)60-43(20)69)33-5-22(68)28(84-33)13-79-92(75,96)90-25-8-35(64-11-21(2)44(70)61-49(64)74)86-30(25)15-81-95(78,99)91-26-9-36(65-18-55-38-40(51)53-17-54-41(38)65)87-31(26)16-82-94(77,98)89-24-7-34(62-4-3-32(50)57-47(62)72)85-29(24)14-80-93(76,97)88-23-6-37(83-27(23)12-67)66-19-56-39-42(66)58-46(52)59-45(39)71/h3-4,10-11,17-19,22-31,33-37,67-68H,5-9,12-16H2,1-2H3,(H,75,96)(H,76,97)(H,77,98)(H,78,99)(H2,50,57,72)(H2,51,53,54)(H,60,69,73)(H,61,70,74)(H3,52,58,59,71)/p+4/t22-,23-,24?,25-,26-,27+,28+,29+,30+,31+,33+,34+,35+,36+,37+,92?,93?,94?,95?/m0/s1. The molecule has 7 aromatic rings. The van der Waals surface area contributed by atoms with Gasteiger partial charge >= 0.3 is 44.3 Å². The smallest absolute Gasteiger partial charge is 0.394 e. The van der Waals surface area contributed by atoms with Crippen LogP contribution in [0.2, 0.25) is 0 Å². The number of nitrogens with two attached hydrogens (primary N) is 3. The minimum Gasteiger partial charge on any atom is -0.394 e. The van der Waals surface area contributed by atoms with Crippen molar-refractivity contribution in [2.45, 2.75) is 138 Å². The van der Waals surface area contributed by atoms with Crippen LogP contribution in [-0.2, 0) is 127 Å². The Morgan fingerprint density at radius 1 is 0.525 bits per heavy atom. The van der Waals surface area contributed by atoms with E-state index in [9.17, 15) is 57.2 Å². The third-order valence-electron chi connectivity index (χ3n) is 16.4. The van der Waals surface area contributed by atoms with Crippen molar-refractivity contribution in [3.63, 3.8) is 0 Å². The number of hydrogen-bond acceptors (Lipinski definition) is 34. The third kappa shape index (κ3) is 16.5. The molecule has 7 aromatic heterocycles. The minimum absolute atomic E-state index is 0.0258. The summed E-state index contributed by atoms with van der Waals surface area (Å²) in [5.74, 6) is -0.283. The van der Waals surface area contributed by atoms with Gasteiger partial charge in [0.15, 0.2) is 22.6 Å². The summed E-state index contributed by atoms with van der Waals surface area (Å²) < 4.78 is 141. The molecule has 42 nitrogen and oxygen atoms in total. The number of aliphatic hydroxyl groups is 2. The molecule has 5 fully saturated rings. The van der Waals surface area contributed by atoms with Crippen molar-refractivity contribution in [1.82, 2.24) is 67.7 Å². The normalized spacial score (nSPS) is 29.7. The highest BCUT2D eigenvalue weighted by Gasteiger charge is 2.52. The first-order valence-corrected chi connectivity index (χ1v) is 41.3. The van der Waals surface area contributed by atoms with Crippen LogP contribution in [0.1, 0.15) is 74.4 Å². The van der Waals surface area contributed by atoms with E-state index >= 15 is 0 Å². The number of imidazole rings is 2. The number of H-pyrrole nitrogens is 3. The van der Waals surface area contributed by atoms with Gasteiger partial charge in [0.1, 0.15) is 104 Å². The fourth-order valence-electron chi connectivity index (χ4n) is 11.6. The van der Waals surface area contributed by atoms with Crippen LogP contribution in [0.3, 0.4) is 0 Å². The monoisotopic (exact) mass is 1550 g/mol. The number of aromatic nitrogens is 14. The van der Waals surface area contributed by atoms with Crippen LogP contribution >= 0.6 is 27.2 Å². The molecule has 0 spiro atoms. The van der Waals surface area contributed by atoms with E-state index in [2.05, 4.69) is 93.9 Å². The predicted molar refractivity (Wildman–Crippen MR) is 357 cm³/mol. The number of ether oxygens (including phenoxy) is 5. The zero-order valence-corrected chi connectivity index (χ0v) is 59.1. The topological polar surface area (TPSA) is 559 Å². The van der Waals surface area contributed by atoms with Crippen molar-refractivity contribution in [2.75, 3.05) is 50.2 Å². The van der Waals surface area contributed by atoms with Gasteiger partial charge in [0.05, 0.1) is 101 Å². The molecule has 0 aromatic carbocycles. The Morgan fingerprint density at radius 2 is 0.939 bits per heavy atom. The van der Waals surface area contributed by atoms with E-state index in [1.54, 1.807) is 0 Å². The number of nitrogens with one attached hydrogen (secondary N) is 3. The second-order valence-corrected chi connectivity index (χ2v) is 35.6. The Morgan fingerprint density at radius 3 is 1.42 bits per heavy atom. The van der Waals surface area contributed by atoms with Crippen molar-refractivity contribution in [2.24, 2.45) is 0 Å². The maximum Gasteiger partial charge on any atom is 0.536 e. The van der Waals surface area contributed by atoms with Crippen molar-refractivity contribution < 1.29 is 88.3 Å². The number of aromatic amines is 3. The Kier molecular flexibility index (Phi) is 21.5. The number of aliphatic hydroxyl groups excluding tert-OH is 2. The Balaban J connectivity index is 0.734. The first-order valence-electron chi connectivity index (χ1n) is 29.7. The van der Waals surface area contributed by atoms with Gasteiger partial charge < -0.3 is 51.1 Å². The number of hydrogen-bond donors (Lipinski definition) is 8. The number of nitrogens with zero attached hydrogens (tertiary/aromatic N) is 11. The van der Waals surface area contributed by atoms with Crippen LogP contribution in [0, 0.1) is 13.8 Å². The molecule has 5 saturated heterocycles. The summed E-state index contributed by atoms with van der Waals surface area (Å²) in [5, 5.41) is 21.2. The van der Waals surface area contributed by atoms with E-state index < -0.39 is 186 Å². The highest BCUT2D eigenvalue weighted by molar-refractivity contribution is 8.33. The van der Waals surface area contributed by atoms with E-state index in [0.29, 0.717) is 0 Å². The van der Waals surface area contributed by atoms with Crippen LogP contribution in [-0.4, -0.2) is 172 Å². The predicted octanol–water partition coefficient (Wildman–Crippen LogP) is -2.44. The van der Waals surface area contributed by atoms with Gasteiger partial charge in [-0.2, -0.15) is 9.97 Å². The molecule has 0 radical (unpaired) electrons. The summed E-state index contributed by atoms with van der Waals surface area (Å²) >= 11 is 12.4. The van der Waals surface area contributed by atoms with Gasteiger partial charge in [-0.25, -0.2) is 52.6 Å². The van der Waals surface area contributed by atoms with Crippen LogP contribution in [0.25, 0.3) is 22.3 Å². The van der Waals surface area contributed by atoms with Gasteiger partial charge in [0.25, 0.3) is 16.7 Å². The molecule has 12 rings (SSSR count). The van der Waals surface area contributed by atoms with E-state index in [1.165, 1.54) is 66.6 Å². The Labute approximate surface area is 574 Å². The molecular weight excluding hydrogens is 1480 g/mol. The minimum atomic E-state index is -4.58. The molecule has 0 aliphatic carbocycles. The fraction of sp³-hybridized carbons (Fsp3) is 0.551. The zero-order valence-electron chi connectivity index (χ0n) is 51.5. The van der Waals surface area contributed by atoms with Gasteiger partial charge in [0, 0.05) is 61.8 Å². The first kappa shape index (κ1) is 73.0. The van der Waals surface area contributed by atoms with Crippen molar-refractivity contribution in [1.29, 1.82) is 0 Å². The van der Waals surface area contributed by atoms with E-state index in [4.69, 9.17) is 77.1 Å². The lowest BCUT2D eigenvalue weighted by Gasteiger charge is -2.23. The van der Waals surface area contributed by atoms with Crippen LogP contribution in [0.15, 0.2) is 72.4 Å². The quantitative estimate of drug-likeness (QED) is 0.0206. The molecule has 11 N–H and O–H groups in total. The molecule has 99 heavy (non-hydrogen) atoms. The molecule has 50 heteroatoms. The fourth-order valence-corrected chi connectivity index (χ4v) is 18.0. The molecule has 5 unspecified atom stereocenters. The lowest BCUT2D eigenvalue weighted by molar-refractivity contribution is -0.0535. The first-order chi connectivity index (χ1) is 46.8. The van der Waals surface area contributed by atoms with Crippen molar-refractivity contribution >= 4 is 116 Å². The zero-order chi connectivity index (χ0) is 70.8. The van der Waals surface area contributed by atoms with Crippen LogP contribution in [0.4, 0.5) is 17.6 Å². The summed E-state index contributed by atoms with van der Waals surface area (Å²) in [6.45, 7) is -18.3. The highest BCUT2D eigenvalue weighted by Crippen LogP contribution is 2.56. The molecule has 5 aliphatic rings. The summed E-state index contributed by atoms with van der Waals surface area (Å²) in [5.41, 5.74) is 13.9. The SMILES string of the molecule is Cc1cn([C@H]2C[C@H](OP(=O)([SH2+])OC[C@H]3O[C@@H](n4cc(C)c(=O)[nH]c4=O)C[C@@H]3O)[C@@H](COP(=O)([SH2+])O[C@H]3C[C@H](n4cnc5c(N)ncnc54)O[C@@H]3COP(=O)([SH2+])OC3C[C@H](n4ccc(N)nc4=O)O[C@@H]3COP(=O)([SH2+])O[C@H]3C[C@H](n4cnc5c(=O)[nH]c(N)nc54)O[C@@H]3CO)O2)c(=O)[nH]c1=O. The summed E-state index contributed by atoms with van der Waals surface area (Å²) in [4.78, 5) is 107. The third-order valence-corrected chi connectivity index (χ3v) is 23.3. The number of fused-ring (bicyclic) bond motifs is 2. The Hall–Kier alpha value is -5.74. The molecule has 12 heterocycles. The molecule has 5 aliphatic heterocycles. The van der Waals surface area contributed by atoms with Gasteiger partial charge in [-0.15, -0.1) is 0 Å². The molecule has 19 atom stereocenters. The molecule has 0 amide bonds. The number of rotatable bonds is 26. The number of aryl methyl sites for hydroxylation is 2. The van der Waals surface area contributed by atoms with Gasteiger partial charge in [-0.3, -0.25) is 88.4 Å². The van der Waals surface area contributed by atoms with E-state index in [-0.39, 0.29) is 83.1 Å². The summed E-state index contributed by atoms with van der Waals surface area (Å²) in [7, 11) is 0. The Bertz CT molecular complexity index is 4790. The van der Waals surface area contributed by atoms with Gasteiger partial charge in [0.2, 0.25) is 5.95 Å². The van der Waals surface area contributed by atoms with E-state index in [1.807, 2.05) is 0 Å². The average Bonchev–Trinajstić information content (AvgIpc) is 1.66. The second kappa shape index (κ2) is 29.2. The lowest BCUT2D eigenvalue weighted by Crippen LogP contribution is -2.33. The van der Waals surface area contributed by atoms with Crippen LogP contribution in [0.5, 0.6) is 0 Å². The summed E-state index contributed by atoms with van der Waals surface area (Å²) in [6.07, 6.45) is -11.6. The second-order valence-electron chi connectivity index (χ2n) is 23.2. The van der Waals surface area contributed by atoms with Crippen LogP contribution < -0.4 is 50.9 Å². The van der Waals surface area contributed by atoms with Crippen molar-refractivity contribution in [3.8, 4) is 0 Å². The highest BCUT2D eigenvalue weighted by atomic mass is 32.7. The van der Waals surface area contributed by atoms with E-state index in [0.717, 1.165) is 13.7 Å². The average molecular weight is 1550 g/mol. The maximum atomic E-state index is 14.7. The maximum absolute atomic E-state index is 14.7. The lowest BCUT2D eigenvalue weighted by atomic mass is 10.2. The van der Waals surface area contributed by atoms with Gasteiger partial charge in [-0.1, -0.05) is 0 Å². The molecular formula is C49H67N17O25P4S4+4. The van der Waals surface area contributed by atoms with Gasteiger partial charge in [-0.05, 0) is 19.9 Å². The van der Waals surface area contributed by atoms with Crippen molar-refractivity contribution in [3.05, 3.63) is 117 Å². The molecule has 0 saturated carbocycles. The largest absolute Gasteiger partial charge is 0.536 e.